The molecule has 0 atom stereocenters. The Kier molecular flexibility index (Phi) is 6.16. The number of amides is 2. The van der Waals surface area contributed by atoms with Crippen LogP contribution in [0.2, 0.25) is 0 Å². The van der Waals surface area contributed by atoms with E-state index in [1.54, 1.807) is 30.3 Å². The van der Waals surface area contributed by atoms with Gasteiger partial charge in [0.2, 0.25) is 5.78 Å². The summed E-state index contributed by atoms with van der Waals surface area (Å²) >= 11 is 0. The zero-order valence-electron chi connectivity index (χ0n) is 17.3. The van der Waals surface area contributed by atoms with E-state index in [0.29, 0.717) is 11.1 Å². The van der Waals surface area contributed by atoms with E-state index in [9.17, 15) is 14.4 Å². The van der Waals surface area contributed by atoms with E-state index >= 15 is 0 Å². The Morgan fingerprint density at radius 3 is 2.21 bits per heavy atom. The summed E-state index contributed by atoms with van der Waals surface area (Å²) < 4.78 is 0. The summed E-state index contributed by atoms with van der Waals surface area (Å²) in [4.78, 5) is 39.1. The zero-order valence-corrected chi connectivity index (χ0v) is 17.3. The van der Waals surface area contributed by atoms with Gasteiger partial charge >= 0.3 is 0 Å². The molecule has 2 amide bonds. The monoisotopic (exact) mass is 392 g/mol. The van der Waals surface area contributed by atoms with Crippen molar-refractivity contribution in [3.8, 4) is 0 Å². The van der Waals surface area contributed by atoms with Gasteiger partial charge in [0.05, 0.1) is 0 Å². The highest BCUT2D eigenvalue weighted by Crippen LogP contribution is 2.22. The Morgan fingerprint density at radius 1 is 0.931 bits per heavy atom. The second-order valence-corrected chi connectivity index (χ2v) is 8.54. The van der Waals surface area contributed by atoms with Crippen LogP contribution in [-0.4, -0.2) is 35.6 Å². The van der Waals surface area contributed by atoms with Gasteiger partial charge in [-0.3, -0.25) is 14.4 Å². The van der Waals surface area contributed by atoms with Crippen molar-refractivity contribution < 1.29 is 14.4 Å². The number of hydrogen-bond donors (Lipinski definition) is 1. The summed E-state index contributed by atoms with van der Waals surface area (Å²) in [5, 5.41) is 2.66. The van der Waals surface area contributed by atoms with Gasteiger partial charge in [0, 0.05) is 30.8 Å². The second-order valence-electron chi connectivity index (χ2n) is 8.54. The number of carbonyl (C=O) groups is 3. The lowest BCUT2D eigenvalue weighted by molar-refractivity contribution is -0.117. The molecule has 29 heavy (non-hydrogen) atoms. The molecule has 0 aromatic heterocycles. The molecule has 2 aromatic carbocycles. The van der Waals surface area contributed by atoms with Gasteiger partial charge in [0.1, 0.15) is 0 Å². The number of nitrogens with zero attached hydrogens (tertiary/aromatic N) is 1. The van der Waals surface area contributed by atoms with Crippen LogP contribution in [0.1, 0.15) is 65.5 Å². The first-order chi connectivity index (χ1) is 13.8. The third-order valence-corrected chi connectivity index (χ3v) is 5.24. The maximum atomic E-state index is 12.5. The molecule has 5 nitrogen and oxygen atoms in total. The molecule has 1 saturated heterocycles. The molecule has 0 saturated carbocycles. The van der Waals surface area contributed by atoms with Crippen molar-refractivity contribution in [1.29, 1.82) is 0 Å². The molecule has 0 aliphatic carbocycles. The average Bonchev–Trinajstić information content (AvgIpc) is 3.25. The number of carbonyl (C=O) groups excluding carboxylic acids is 3. The summed E-state index contributed by atoms with van der Waals surface area (Å²) in [6.07, 6.45) is 2.08. The smallest absolute Gasteiger partial charge is 0.292 e. The van der Waals surface area contributed by atoms with Crippen LogP contribution in [0.4, 0.5) is 0 Å². The number of hydrogen-bond acceptors (Lipinski definition) is 3. The van der Waals surface area contributed by atoms with Crippen molar-refractivity contribution >= 4 is 17.6 Å². The molecule has 1 N–H and O–H groups in total. The van der Waals surface area contributed by atoms with Crippen molar-refractivity contribution in [3.05, 3.63) is 70.8 Å². The number of Topliss-reactive ketones (excluding diaryl/α,β-unsaturated/α-hetero) is 1. The van der Waals surface area contributed by atoms with Gasteiger partial charge < -0.3 is 10.2 Å². The van der Waals surface area contributed by atoms with Crippen molar-refractivity contribution in [2.24, 2.45) is 0 Å². The van der Waals surface area contributed by atoms with Gasteiger partial charge in [-0.2, -0.15) is 0 Å². The Hall–Kier alpha value is -2.95. The fourth-order valence-corrected chi connectivity index (χ4v) is 3.43. The fourth-order valence-electron chi connectivity index (χ4n) is 3.43. The van der Waals surface area contributed by atoms with Crippen LogP contribution in [0.5, 0.6) is 0 Å². The van der Waals surface area contributed by atoms with Gasteiger partial charge in [-0.25, -0.2) is 0 Å². The number of ketones is 1. The first-order valence-corrected chi connectivity index (χ1v) is 10.1. The molecule has 1 aliphatic rings. The van der Waals surface area contributed by atoms with Crippen LogP contribution < -0.4 is 5.32 Å². The summed E-state index contributed by atoms with van der Waals surface area (Å²) in [5.41, 5.74) is 2.87. The molecule has 0 spiro atoms. The third kappa shape index (κ3) is 5.11. The maximum Gasteiger partial charge on any atom is 0.292 e. The predicted molar refractivity (Wildman–Crippen MR) is 113 cm³/mol. The lowest BCUT2D eigenvalue weighted by atomic mass is 9.86. The number of likely N-dealkylation sites (tertiary alicyclic amines) is 1. The summed E-state index contributed by atoms with van der Waals surface area (Å²) in [6.45, 7) is 8.08. The van der Waals surface area contributed by atoms with Crippen molar-refractivity contribution in [2.45, 2.75) is 45.6 Å². The van der Waals surface area contributed by atoms with Crippen LogP contribution in [-0.2, 0) is 16.8 Å². The maximum absolute atomic E-state index is 12.5. The molecule has 152 valence electrons. The van der Waals surface area contributed by atoms with E-state index in [4.69, 9.17) is 0 Å². The minimum absolute atomic E-state index is 0.0125. The van der Waals surface area contributed by atoms with Gasteiger partial charge in [0.15, 0.2) is 0 Å². The standard InChI is InChI=1S/C24H28N2O3/c1-24(2,3)20-11-9-18(10-12-20)21(27)22(28)25-16-17-7-6-8-19(15-17)23(29)26-13-4-5-14-26/h6-12,15H,4-5,13-14,16H2,1-3H3,(H,25,28). The number of rotatable bonds is 5. The Bertz CT molecular complexity index is 904. The molecular weight excluding hydrogens is 364 g/mol. The molecule has 2 aromatic rings. The van der Waals surface area contributed by atoms with E-state index in [1.165, 1.54) is 0 Å². The van der Waals surface area contributed by atoms with Gasteiger partial charge in [-0.1, -0.05) is 57.2 Å². The largest absolute Gasteiger partial charge is 0.345 e. The molecule has 0 radical (unpaired) electrons. The van der Waals surface area contributed by atoms with Crippen molar-refractivity contribution in [1.82, 2.24) is 10.2 Å². The highest BCUT2D eigenvalue weighted by atomic mass is 16.2. The van der Waals surface area contributed by atoms with E-state index in [1.807, 2.05) is 23.1 Å². The molecule has 1 heterocycles. The van der Waals surface area contributed by atoms with Crippen LogP contribution in [0.3, 0.4) is 0 Å². The van der Waals surface area contributed by atoms with E-state index in [-0.39, 0.29) is 17.9 Å². The third-order valence-electron chi connectivity index (χ3n) is 5.24. The lowest BCUT2D eigenvalue weighted by Crippen LogP contribution is -2.31. The SMILES string of the molecule is CC(C)(C)c1ccc(C(=O)C(=O)NCc2cccc(C(=O)N3CCCC3)c2)cc1. The quantitative estimate of drug-likeness (QED) is 0.623. The summed E-state index contributed by atoms with van der Waals surface area (Å²) in [7, 11) is 0. The van der Waals surface area contributed by atoms with Gasteiger partial charge in [-0.15, -0.1) is 0 Å². The predicted octanol–water partition coefficient (Wildman–Crippen LogP) is 3.72. The normalized spacial score (nSPS) is 14.0. The highest BCUT2D eigenvalue weighted by Gasteiger charge is 2.20. The molecule has 5 heteroatoms. The molecule has 3 rings (SSSR count). The molecule has 1 fully saturated rings. The minimum atomic E-state index is -0.648. The van der Waals surface area contributed by atoms with Crippen LogP contribution >= 0.6 is 0 Å². The molecular formula is C24H28N2O3. The first-order valence-electron chi connectivity index (χ1n) is 10.1. The second kappa shape index (κ2) is 8.60. The Morgan fingerprint density at radius 2 is 1.59 bits per heavy atom. The summed E-state index contributed by atoms with van der Waals surface area (Å²) in [5.74, 6) is -1.19. The van der Waals surface area contributed by atoms with Crippen LogP contribution in [0.25, 0.3) is 0 Å². The van der Waals surface area contributed by atoms with Crippen LogP contribution in [0, 0.1) is 0 Å². The van der Waals surface area contributed by atoms with Crippen molar-refractivity contribution in [2.75, 3.05) is 13.1 Å². The summed E-state index contributed by atoms with van der Waals surface area (Å²) in [6, 6.07) is 14.4. The molecule has 1 aliphatic heterocycles. The van der Waals surface area contributed by atoms with E-state index in [2.05, 4.69) is 26.1 Å². The van der Waals surface area contributed by atoms with Crippen LogP contribution in [0.15, 0.2) is 48.5 Å². The topological polar surface area (TPSA) is 66.5 Å². The van der Waals surface area contributed by atoms with E-state index < -0.39 is 11.7 Å². The molecule has 0 bridgehead atoms. The molecule has 0 unspecified atom stereocenters. The van der Waals surface area contributed by atoms with E-state index in [0.717, 1.165) is 37.1 Å². The highest BCUT2D eigenvalue weighted by molar-refractivity contribution is 6.42. The lowest BCUT2D eigenvalue weighted by Gasteiger charge is -2.18. The zero-order chi connectivity index (χ0) is 21.0. The minimum Gasteiger partial charge on any atom is -0.345 e. The fraction of sp³-hybridized carbons (Fsp3) is 0.375. The first kappa shape index (κ1) is 20.8. The van der Waals surface area contributed by atoms with Gasteiger partial charge in [0.25, 0.3) is 11.8 Å². The van der Waals surface area contributed by atoms with Crippen molar-refractivity contribution in [3.63, 3.8) is 0 Å². The Labute approximate surface area is 172 Å². The van der Waals surface area contributed by atoms with Gasteiger partial charge in [-0.05, 0) is 41.5 Å². The Balaban J connectivity index is 1.61. The number of benzene rings is 2. The number of nitrogens with one attached hydrogen (secondary N) is 1. The average molecular weight is 392 g/mol.